The van der Waals surface area contributed by atoms with Gasteiger partial charge in [0, 0.05) is 6.54 Å². The maximum atomic E-state index is 13.0. The number of sulfonamides is 1. The lowest BCUT2D eigenvalue weighted by atomic mass is 10.3. The molecule has 0 heterocycles. The number of benzene rings is 1. The summed E-state index contributed by atoms with van der Waals surface area (Å²) in [6.45, 7) is 1.33. The highest BCUT2D eigenvalue weighted by Gasteiger charge is 2.31. The number of hydrogen-bond donors (Lipinski definition) is 0. The van der Waals surface area contributed by atoms with Crippen molar-refractivity contribution in [1.29, 1.82) is 5.26 Å². The highest BCUT2D eigenvalue weighted by molar-refractivity contribution is 7.89. The topological polar surface area (TPSA) is 104 Å². The molecule has 0 saturated heterocycles. The summed E-state index contributed by atoms with van der Waals surface area (Å²) in [5.74, 6) is -0.905. The van der Waals surface area contributed by atoms with Gasteiger partial charge in [0.15, 0.2) is 4.90 Å². The molecule has 0 aliphatic carbocycles. The van der Waals surface area contributed by atoms with Crippen LogP contribution in [0.1, 0.15) is 13.3 Å². The Morgan fingerprint density at radius 1 is 1.50 bits per heavy atom. The van der Waals surface area contributed by atoms with Gasteiger partial charge < -0.3 is 0 Å². The lowest BCUT2D eigenvalue weighted by Crippen LogP contribution is -2.32. The minimum atomic E-state index is -4.22. The van der Waals surface area contributed by atoms with E-state index in [-0.39, 0.29) is 6.54 Å². The van der Waals surface area contributed by atoms with E-state index >= 15 is 0 Å². The van der Waals surface area contributed by atoms with E-state index in [4.69, 9.17) is 5.26 Å². The van der Waals surface area contributed by atoms with Gasteiger partial charge in [0.25, 0.3) is 15.7 Å². The van der Waals surface area contributed by atoms with Crippen LogP contribution in [0.3, 0.4) is 0 Å². The smallest absolute Gasteiger partial charge is 0.258 e. The van der Waals surface area contributed by atoms with E-state index in [2.05, 4.69) is 0 Å². The third-order valence-electron chi connectivity index (χ3n) is 2.46. The Morgan fingerprint density at radius 2 is 2.15 bits per heavy atom. The number of rotatable bonds is 6. The summed E-state index contributed by atoms with van der Waals surface area (Å²) < 4.78 is 38.4. The van der Waals surface area contributed by atoms with Crippen LogP contribution in [0.5, 0.6) is 0 Å². The Bertz CT molecular complexity index is 654. The molecule has 0 unspecified atom stereocenters. The fourth-order valence-electron chi connectivity index (χ4n) is 1.60. The van der Waals surface area contributed by atoms with Crippen molar-refractivity contribution in [2.75, 3.05) is 13.1 Å². The van der Waals surface area contributed by atoms with Crippen molar-refractivity contribution in [2.24, 2.45) is 0 Å². The summed E-state index contributed by atoms with van der Waals surface area (Å²) in [6.07, 6.45) is 0.440. The second-order valence-corrected chi connectivity index (χ2v) is 5.77. The minimum absolute atomic E-state index is 0.0461. The lowest BCUT2D eigenvalue weighted by molar-refractivity contribution is -0.388. The summed E-state index contributed by atoms with van der Waals surface area (Å²) in [5, 5.41) is 19.5. The van der Waals surface area contributed by atoms with Gasteiger partial charge in [-0.05, 0) is 18.6 Å². The van der Waals surface area contributed by atoms with Crippen molar-refractivity contribution in [3.8, 4) is 6.07 Å². The molecule has 1 aromatic carbocycles. The largest absolute Gasteiger partial charge is 0.292 e. The summed E-state index contributed by atoms with van der Waals surface area (Å²) in [6, 6.07) is 3.90. The van der Waals surface area contributed by atoms with Crippen molar-refractivity contribution < 1.29 is 17.7 Å². The number of nitrogens with zero attached hydrogens (tertiary/aromatic N) is 3. The monoisotopic (exact) mass is 301 g/mol. The Balaban J connectivity index is 3.41. The summed E-state index contributed by atoms with van der Waals surface area (Å²) in [4.78, 5) is 9.27. The Hall–Kier alpha value is -2.05. The predicted molar refractivity (Wildman–Crippen MR) is 67.7 cm³/mol. The first-order chi connectivity index (χ1) is 9.34. The number of nitro groups is 1. The predicted octanol–water partition coefficient (Wildman–Crippen LogP) is 1.66. The standard InChI is InChI=1S/C11H12FN3O4S/c1-2-6-14(7-5-13)20(18,19)11-4-3-9(12)8-10(11)15(16)17/h3-4,8H,2,6-7H2,1H3. The Labute approximate surface area is 115 Å². The van der Waals surface area contributed by atoms with Crippen LogP contribution in [-0.2, 0) is 10.0 Å². The molecule has 0 saturated carbocycles. The zero-order valence-electron chi connectivity index (χ0n) is 10.6. The average molecular weight is 301 g/mol. The van der Waals surface area contributed by atoms with Crippen molar-refractivity contribution in [1.82, 2.24) is 4.31 Å². The molecule has 0 amide bonds. The molecule has 0 spiro atoms. The SMILES string of the molecule is CCCN(CC#N)S(=O)(=O)c1ccc(F)cc1[N+](=O)[O-]. The van der Waals surface area contributed by atoms with Crippen molar-refractivity contribution in [2.45, 2.75) is 18.2 Å². The number of hydrogen-bond acceptors (Lipinski definition) is 5. The molecule has 20 heavy (non-hydrogen) atoms. The normalized spacial score (nSPS) is 11.3. The van der Waals surface area contributed by atoms with E-state index in [1.807, 2.05) is 0 Å². The zero-order valence-corrected chi connectivity index (χ0v) is 11.4. The average Bonchev–Trinajstić information content (AvgIpc) is 2.38. The Morgan fingerprint density at radius 3 is 2.65 bits per heavy atom. The van der Waals surface area contributed by atoms with Gasteiger partial charge in [-0.25, -0.2) is 12.8 Å². The molecule has 1 rings (SSSR count). The molecule has 0 bridgehead atoms. The van der Waals surface area contributed by atoms with Gasteiger partial charge >= 0.3 is 0 Å². The Kier molecular flexibility index (Phi) is 5.12. The molecule has 0 N–H and O–H groups in total. The van der Waals surface area contributed by atoms with Crippen LogP contribution < -0.4 is 0 Å². The molecular formula is C11H12FN3O4S. The summed E-state index contributed by atoms with van der Waals surface area (Å²) >= 11 is 0. The van der Waals surface area contributed by atoms with E-state index in [9.17, 15) is 22.9 Å². The number of nitriles is 1. The van der Waals surface area contributed by atoms with E-state index in [0.717, 1.165) is 16.4 Å². The summed E-state index contributed by atoms with van der Waals surface area (Å²) in [7, 11) is -4.22. The third-order valence-corrected chi connectivity index (χ3v) is 4.35. The van der Waals surface area contributed by atoms with Crippen LogP contribution in [0.2, 0.25) is 0 Å². The van der Waals surface area contributed by atoms with Gasteiger partial charge in [0.2, 0.25) is 0 Å². The van der Waals surface area contributed by atoms with Crippen LogP contribution >= 0.6 is 0 Å². The molecule has 0 atom stereocenters. The maximum absolute atomic E-state index is 13.0. The van der Waals surface area contributed by atoms with Crippen LogP contribution in [0.4, 0.5) is 10.1 Å². The van der Waals surface area contributed by atoms with E-state index in [0.29, 0.717) is 12.5 Å². The van der Waals surface area contributed by atoms with Gasteiger partial charge in [-0.1, -0.05) is 6.92 Å². The third kappa shape index (κ3) is 3.28. The number of nitro benzene ring substituents is 1. The van der Waals surface area contributed by atoms with Gasteiger partial charge in [0.05, 0.1) is 17.1 Å². The van der Waals surface area contributed by atoms with Crippen LogP contribution in [-0.4, -0.2) is 30.7 Å². The second-order valence-electron chi connectivity index (χ2n) is 3.87. The molecule has 7 nitrogen and oxygen atoms in total. The summed E-state index contributed by atoms with van der Waals surface area (Å²) in [5.41, 5.74) is -0.843. The van der Waals surface area contributed by atoms with Gasteiger partial charge in [-0.2, -0.15) is 9.57 Å². The fraction of sp³-hybridized carbons (Fsp3) is 0.364. The molecule has 1 aromatic rings. The van der Waals surface area contributed by atoms with Gasteiger partial charge in [-0.3, -0.25) is 10.1 Å². The minimum Gasteiger partial charge on any atom is -0.258 e. The highest BCUT2D eigenvalue weighted by atomic mass is 32.2. The second kappa shape index (κ2) is 6.40. The first-order valence-corrected chi connectivity index (χ1v) is 7.09. The quantitative estimate of drug-likeness (QED) is 0.451. The van der Waals surface area contributed by atoms with E-state index in [1.54, 1.807) is 13.0 Å². The van der Waals surface area contributed by atoms with E-state index in [1.165, 1.54) is 0 Å². The maximum Gasteiger partial charge on any atom is 0.292 e. The molecule has 0 aromatic heterocycles. The van der Waals surface area contributed by atoms with Crippen LogP contribution in [0, 0.1) is 27.3 Å². The van der Waals surface area contributed by atoms with Crippen molar-refractivity contribution >= 4 is 15.7 Å². The zero-order chi connectivity index (χ0) is 15.3. The van der Waals surface area contributed by atoms with Crippen molar-refractivity contribution in [3.63, 3.8) is 0 Å². The molecule has 108 valence electrons. The molecule has 0 radical (unpaired) electrons. The lowest BCUT2D eigenvalue weighted by Gasteiger charge is -2.18. The highest BCUT2D eigenvalue weighted by Crippen LogP contribution is 2.27. The van der Waals surface area contributed by atoms with Gasteiger partial charge in [0.1, 0.15) is 12.4 Å². The first-order valence-electron chi connectivity index (χ1n) is 5.65. The molecule has 9 heteroatoms. The fourth-order valence-corrected chi connectivity index (χ4v) is 3.17. The van der Waals surface area contributed by atoms with Gasteiger partial charge in [-0.15, -0.1) is 0 Å². The van der Waals surface area contributed by atoms with Crippen molar-refractivity contribution in [3.05, 3.63) is 34.1 Å². The van der Waals surface area contributed by atoms with E-state index < -0.39 is 37.9 Å². The molecular weight excluding hydrogens is 289 g/mol. The molecule has 0 aliphatic heterocycles. The van der Waals surface area contributed by atoms with Crippen LogP contribution in [0.25, 0.3) is 0 Å². The molecule has 0 fully saturated rings. The van der Waals surface area contributed by atoms with Crippen LogP contribution in [0.15, 0.2) is 23.1 Å². The number of halogens is 1. The first kappa shape index (κ1) is 16.0. The molecule has 0 aliphatic rings.